The van der Waals surface area contributed by atoms with Crippen LogP contribution >= 0.6 is 11.6 Å². The highest BCUT2D eigenvalue weighted by atomic mass is 35.5. The predicted octanol–water partition coefficient (Wildman–Crippen LogP) is 6.20. The zero-order valence-electron chi connectivity index (χ0n) is 19.8. The molecule has 36 heavy (non-hydrogen) atoms. The third-order valence-corrected chi connectivity index (χ3v) is 6.77. The number of allylic oxidation sites excluding steroid dienone is 2. The molecule has 2 atom stereocenters. The number of carbonyl (C=O) groups is 2. The van der Waals surface area contributed by atoms with Gasteiger partial charge >= 0.3 is 6.18 Å². The Balaban J connectivity index is 1.82. The van der Waals surface area contributed by atoms with Crippen LogP contribution in [0.15, 0.2) is 52.7 Å². The molecule has 2 aliphatic rings. The van der Waals surface area contributed by atoms with Gasteiger partial charge in [0.25, 0.3) is 0 Å². The summed E-state index contributed by atoms with van der Waals surface area (Å²) in [6.07, 6.45) is -3.06. The summed E-state index contributed by atoms with van der Waals surface area (Å²) in [5.74, 6) is -1.56. The molecule has 1 N–H and O–H groups in total. The van der Waals surface area contributed by atoms with Crippen LogP contribution in [0.3, 0.4) is 0 Å². The Hall–Kier alpha value is -3.33. The summed E-state index contributed by atoms with van der Waals surface area (Å²) in [6.45, 7) is 1.67. The number of benzene rings is 2. The van der Waals surface area contributed by atoms with Gasteiger partial charge in [0, 0.05) is 41.0 Å². The van der Waals surface area contributed by atoms with Crippen LogP contribution in [0.2, 0.25) is 5.02 Å². The molecule has 0 fully saturated rings. The highest BCUT2D eigenvalue weighted by Crippen LogP contribution is 2.47. The Morgan fingerprint density at radius 2 is 1.86 bits per heavy atom. The molecule has 1 aliphatic carbocycles. The van der Waals surface area contributed by atoms with E-state index in [1.165, 1.54) is 14.2 Å². The Morgan fingerprint density at radius 1 is 1.11 bits per heavy atom. The van der Waals surface area contributed by atoms with Crippen molar-refractivity contribution in [1.29, 1.82) is 0 Å². The summed E-state index contributed by atoms with van der Waals surface area (Å²) in [4.78, 5) is 31.3. The number of nitrogens with zero attached hydrogens (tertiary/aromatic N) is 1. The van der Waals surface area contributed by atoms with Crippen molar-refractivity contribution in [3.05, 3.63) is 63.8 Å². The van der Waals surface area contributed by atoms with Crippen molar-refractivity contribution in [1.82, 2.24) is 0 Å². The van der Waals surface area contributed by atoms with Crippen LogP contribution in [-0.4, -0.2) is 31.6 Å². The van der Waals surface area contributed by atoms with E-state index in [-0.39, 0.29) is 16.5 Å². The molecule has 1 amide bonds. The maximum Gasteiger partial charge on any atom is 0.416 e. The van der Waals surface area contributed by atoms with Gasteiger partial charge in [0.1, 0.15) is 11.5 Å². The normalized spacial score (nSPS) is 20.0. The summed E-state index contributed by atoms with van der Waals surface area (Å²) in [6, 6.07) is 7.79. The van der Waals surface area contributed by atoms with E-state index in [4.69, 9.17) is 21.1 Å². The molecular weight excluding hydrogens is 497 g/mol. The minimum atomic E-state index is -4.61. The molecule has 0 spiro atoms. The van der Waals surface area contributed by atoms with Crippen LogP contribution in [0.1, 0.15) is 43.2 Å². The molecule has 2 aromatic rings. The monoisotopic (exact) mass is 520 g/mol. The van der Waals surface area contributed by atoms with Gasteiger partial charge in [0.05, 0.1) is 36.4 Å². The quantitative estimate of drug-likeness (QED) is 0.509. The van der Waals surface area contributed by atoms with Crippen LogP contribution in [-0.2, 0) is 15.8 Å². The van der Waals surface area contributed by atoms with Crippen LogP contribution in [0.5, 0.6) is 11.5 Å². The van der Waals surface area contributed by atoms with Gasteiger partial charge in [-0.15, -0.1) is 0 Å². The van der Waals surface area contributed by atoms with Crippen molar-refractivity contribution in [3.8, 4) is 11.5 Å². The summed E-state index contributed by atoms with van der Waals surface area (Å²) < 4.78 is 50.7. The highest BCUT2D eigenvalue weighted by molar-refractivity contribution is 6.34. The maximum atomic E-state index is 13.6. The molecular formula is C26H24ClF3N2O4. The van der Waals surface area contributed by atoms with E-state index >= 15 is 0 Å². The molecule has 0 bridgehead atoms. The van der Waals surface area contributed by atoms with E-state index in [0.29, 0.717) is 53.3 Å². The van der Waals surface area contributed by atoms with E-state index < -0.39 is 29.5 Å². The zero-order chi connectivity index (χ0) is 26.2. The van der Waals surface area contributed by atoms with Crippen molar-refractivity contribution in [2.45, 2.75) is 38.3 Å². The third-order valence-electron chi connectivity index (χ3n) is 6.44. The van der Waals surface area contributed by atoms with E-state index in [9.17, 15) is 22.8 Å². The lowest BCUT2D eigenvalue weighted by Gasteiger charge is -2.35. The number of nitrogens with one attached hydrogen (secondary N) is 1. The van der Waals surface area contributed by atoms with Gasteiger partial charge in [0.15, 0.2) is 5.78 Å². The molecule has 190 valence electrons. The predicted molar refractivity (Wildman–Crippen MR) is 130 cm³/mol. The zero-order valence-corrected chi connectivity index (χ0v) is 20.6. The van der Waals surface area contributed by atoms with Crippen molar-refractivity contribution < 1.29 is 32.2 Å². The minimum absolute atomic E-state index is 0.0472. The fourth-order valence-corrected chi connectivity index (χ4v) is 4.93. The van der Waals surface area contributed by atoms with E-state index in [1.807, 2.05) is 0 Å². The van der Waals surface area contributed by atoms with E-state index in [2.05, 4.69) is 10.3 Å². The molecule has 0 saturated carbocycles. The largest absolute Gasteiger partial charge is 0.497 e. The fourth-order valence-electron chi connectivity index (χ4n) is 4.77. The number of Topliss-reactive ketones (excluding diaryl/α,β-unsaturated/α-hetero) is 1. The second-order valence-corrected chi connectivity index (χ2v) is 9.04. The molecule has 1 aliphatic heterocycles. The number of rotatable bonds is 5. The van der Waals surface area contributed by atoms with Crippen LogP contribution < -0.4 is 14.8 Å². The smallest absolute Gasteiger partial charge is 0.416 e. The standard InChI is InChI=1S/C26H24ClF3N2O4/c1-13-22(25(34)32-19-11-14(26(28,29)30)7-10-17(19)27)23(24-18(31-13)5-4-6-20(24)33)16-9-8-15(35-2)12-21(16)36-3/h7-12,22-23H,4-6H2,1-3H3,(H,32,34)/t22?,23-/m1/s1. The fraction of sp³-hybridized carbons (Fsp3) is 0.346. The Morgan fingerprint density at radius 3 is 2.53 bits per heavy atom. The number of halogens is 4. The van der Waals surface area contributed by atoms with Gasteiger partial charge in [-0.05, 0) is 44.0 Å². The number of hydrogen-bond acceptors (Lipinski definition) is 5. The first-order chi connectivity index (χ1) is 17.0. The molecule has 1 heterocycles. The van der Waals surface area contributed by atoms with E-state index in [1.54, 1.807) is 25.1 Å². The topological polar surface area (TPSA) is 77.0 Å². The van der Waals surface area contributed by atoms with Gasteiger partial charge in [-0.25, -0.2) is 0 Å². The lowest BCUT2D eigenvalue weighted by molar-refractivity contribution is -0.137. The van der Waals surface area contributed by atoms with Crippen molar-refractivity contribution in [3.63, 3.8) is 0 Å². The summed E-state index contributed by atoms with van der Waals surface area (Å²) in [5.41, 5.74) is 0.924. The first-order valence-electron chi connectivity index (χ1n) is 11.3. The molecule has 1 unspecified atom stereocenters. The number of ether oxygens (including phenoxy) is 2. The van der Waals surface area contributed by atoms with Gasteiger partial charge in [-0.2, -0.15) is 13.2 Å². The van der Waals surface area contributed by atoms with Crippen LogP contribution in [0, 0.1) is 5.92 Å². The molecule has 4 rings (SSSR count). The first kappa shape index (κ1) is 25.8. The molecule has 0 radical (unpaired) electrons. The Kier molecular flexibility index (Phi) is 7.13. The number of carbonyl (C=O) groups excluding carboxylic acids is 2. The van der Waals surface area contributed by atoms with Gasteiger partial charge in [0.2, 0.25) is 5.91 Å². The molecule has 6 nitrogen and oxygen atoms in total. The van der Waals surface area contributed by atoms with Crippen molar-refractivity contribution >= 4 is 34.7 Å². The SMILES string of the molecule is COc1ccc([C@H]2C3=C(CCCC3=O)N=C(C)C2C(=O)Nc2cc(C(F)(F)F)ccc2Cl)c(OC)c1. The molecule has 0 saturated heterocycles. The lowest BCUT2D eigenvalue weighted by Crippen LogP contribution is -2.39. The number of aliphatic imine (C=N–C) groups is 1. The molecule has 10 heteroatoms. The van der Waals surface area contributed by atoms with Crippen molar-refractivity contribution in [2.75, 3.05) is 19.5 Å². The maximum absolute atomic E-state index is 13.6. The number of hydrogen-bond donors (Lipinski definition) is 1. The minimum Gasteiger partial charge on any atom is -0.497 e. The third kappa shape index (κ3) is 4.84. The average Bonchev–Trinajstić information content (AvgIpc) is 2.83. The van der Waals surface area contributed by atoms with Gasteiger partial charge in [-0.3, -0.25) is 14.6 Å². The second-order valence-electron chi connectivity index (χ2n) is 8.64. The summed E-state index contributed by atoms with van der Waals surface area (Å²) in [5, 5.41) is 2.49. The van der Waals surface area contributed by atoms with Crippen LogP contribution in [0.4, 0.5) is 18.9 Å². The van der Waals surface area contributed by atoms with E-state index in [0.717, 1.165) is 18.2 Å². The molecule has 0 aromatic heterocycles. The lowest BCUT2D eigenvalue weighted by atomic mass is 9.71. The first-order valence-corrected chi connectivity index (χ1v) is 11.6. The highest BCUT2D eigenvalue weighted by Gasteiger charge is 2.43. The number of ketones is 1. The average molecular weight is 521 g/mol. The summed E-state index contributed by atoms with van der Waals surface area (Å²) in [7, 11) is 2.98. The van der Waals surface area contributed by atoms with Crippen molar-refractivity contribution in [2.24, 2.45) is 10.9 Å². The number of amides is 1. The van der Waals surface area contributed by atoms with Gasteiger partial charge < -0.3 is 14.8 Å². The number of anilines is 1. The van der Waals surface area contributed by atoms with Gasteiger partial charge in [-0.1, -0.05) is 17.7 Å². The Labute approximate surface area is 211 Å². The summed E-state index contributed by atoms with van der Waals surface area (Å²) >= 11 is 6.12. The number of alkyl halides is 3. The van der Waals surface area contributed by atoms with Crippen LogP contribution in [0.25, 0.3) is 0 Å². The second kappa shape index (κ2) is 9.97. The number of methoxy groups -OCH3 is 2. The Bertz CT molecular complexity index is 1290. The molecule has 2 aromatic carbocycles.